The van der Waals surface area contributed by atoms with Crippen molar-refractivity contribution in [1.82, 2.24) is 0 Å². The summed E-state index contributed by atoms with van der Waals surface area (Å²) in [5.41, 5.74) is 0.691. The SMILES string of the molecule is CCC(C)CSc1ccc(Cl)cc1C=O. The Morgan fingerprint density at radius 1 is 1.53 bits per heavy atom. The first-order chi connectivity index (χ1) is 7.17. The van der Waals surface area contributed by atoms with Gasteiger partial charge in [0.15, 0.2) is 6.29 Å². The van der Waals surface area contributed by atoms with Crippen LogP contribution in [0.25, 0.3) is 0 Å². The zero-order valence-corrected chi connectivity index (χ0v) is 10.6. The fourth-order valence-electron chi connectivity index (χ4n) is 1.09. The molecule has 0 saturated heterocycles. The smallest absolute Gasteiger partial charge is 0.151 e. The molecule has 0 N–H and O–H groups in total. The third-order valence-electron chi connectivity index (χ3n) is 2.32. The first-order valence-electron chi connectivity index (χ1n) is 5.05. The van der Waals surface area contributed by atoms with E-state index in [4.69, 9.17) is 11.6 Å². The Bertz CT molecular complexity index is 338. The van der Waals surface area contributed by atoms with E-state index in [0.717, 1.165) is 23.4 Å². The van der Waals surface area contributed by atoms with Crippen molar-refractivity contribution in [2.45, 2.75) is 25.2 Å². The van der Waals surface area contributed by atoms with Crippen molar-refractivity contribution in [3.63, 3.8) is 0 Å². The molecule has 15 heavy (non-hydrogen) atoms. The molecule has 0 spiro atoms. The molecule has 1 nitrogen and oxygen atoms in total. The molecule has 0 fully saturated rings. The molecule has 0 bridgehead atoms. The van der Waals surface area contributed by atoms with Crippen LogP contribution in [0.3, 0.4) is 0 Å². The highest BCUT2D eigenvalue weighted by Gasteiger charge is 2.05. The molecule has 1 aromatic carbocycles. The van der Waals surface area contributed by atoms with Crippen LogP contribution in [0.1, 0.15) is 30.6 Å². The summed E-state index contributed by atoms with van der Waals surface area (Å²) in [6.45, 7) is 4.39. The largest absolute Gasteiger partial charge is 0.298 e. The first kappa shape index (κ1) is 12.6. The molecule has 0 aromatic heterocycles. The molecule has 1 atom stereocenters. The standard InChI is InChI=1S/C12H15ClOS/c1-3-9(2)8-15-12-5-4-11(13)6-10(12)7-14/h4-7,9H,3,8H2,1-2H3. The second-order valence-corrected chi connectivity index (χ2v) is 5.12. The first-order valence-corrected chi connectivity index (χ1v) is 6.41. The molecule has 0 heterocycles. The number of hydrogen-bond acceptors (Lipinski definition) is 2. The Balaban J connectivity index is 2.72. The van der Waals surface area contributed by atoms with Crippen LogP contribution >= 0.6 is 23.4 Å². The van der Waals surface area contributed by atoms with Crippen LogP contribution in [0.5, 0.6) is 0 Å². The summed E-state index contributed by atoms with van der Waals surface area (Å²) >= 11 is 7.54. The van der Waals surface area contributed by atoms with Gasteiger partial charge in [-0.25, -0.2) is 0 Å². The predicted molar refractivity (Wildman–Crippen MR) is 67.0 cm³/mol. The van der Waals surface area contributed by atoms with E-state index in [-0.39, 0.29) is 0 Å². The number of halogens is 1. The quantitative estimate of drug-likeness (QED) is 0.566. The van der Waals surface area contributed by atoms with Gasteiger partial charge in [0, 0.05) is 21.2 Å². The molecule has 0 aliphatic rings. The summed E-state index contributed by atoms with van der Waals surface area (Å²) < 4.78 is 0. The highest BCUT2D eigenvalue weighted by molar-refractivity contribution is 7.99. The summed E-state index contributed by atoms with van der Waals surface area (Å²) in [5, 5.41) is 0.616. The van der Waals surface area contributed by atoms with Crippen molar-refractivity contribution in [2.24, 2.45) is 5.92 Å². The summed E-state index contributed by atoms with van der Waals surface area (Å²) in [5.74, 6) is 1.71. The van der Waals surface area contributed by atoms with Crippen LogP contribution in [0, 0.1) is 5.92 Å². The predicted octanol–water partition coefficient (Wildman–Crippen LogP) is 4.29. The van der Waals surface area contributed by atoms with Gasteiger partial charge >= 0.3 is 0 Å². The lowest BCUT2D eigenvalue weighted by Gasteiger charge is -2.09. The van der Waals surface area contributed by atoms with Crippen LogP contribution in [0.15, 0.2) is 23.1 Å². The van der Waals surface area contributed by atoms with Crippen molar-refractivity contribution >= 4 is 29.6 Å². The maximum atomic E-state index is 10.8. The molecule has 1 unspecified atom stereocenters. The van der Waals surface area contributed by atoms with E-state index in [1.807, 2.05) is 12.1 Å². The summed E-state index contributed by atoms with van der Waals surface area (Å²) in [6, 6.07) is 5.46. The van der Waals surface area contributed by atoms with Crippen LogP contribution < -0.4 is 0 Å². The number of carbonyl (C=O) groups is 1. The molecular weight excluding hydrogens is 228 g/mol. The highest BCUT2D eigenvalue weighted by Crippen LogP contribution is 2.26. The van der Waals surface area contributed by atoms with Gasteiger partial charge in [-0.05, 0) is 24.1 Å². The number of rotatable bonds is 5. The lowest BCUT2D eigenvalue weighted by molar-refractivity contribution is 0.112. The minimum Gasteiger partial charge on any atom is -0.298 e. The van der Waals surface area contributed by atoms with E-state index in [2.05, 4.69) is 13.8 Å². The van der Waals surface area contributed by atoms with Crippen molar-refractivity contribution in [3.05, 3.63) is 28.8 Å². The lowest BCUT2D eigenvalue weighted by atomic mass is 10.2. The van der Waals surface area contributed by atoms with Gasteiger partial charge in [-0.15, -0.1) is 11.8 Å². The van der Waals surface area contributed by atoms with E-state index < -0.39 is 0 Å². The van der Waals surface area contributed by atoms with Crippen molar-refractivity contribution < 1.29 is 4.79 Å². The molecule has 1 aromatic rings. The molecule has 0 saturated carbocycles. The lowest BCUT2D eigenvalue weighted by Crippen LogP contribution is -1.96. The number of aldehydes is 1. The normalized spacial score (nSPS) is 12.5. The molecule has 0 aliphatic heterocycles. The molecular formula is C12H15ClOS. The monoisotopic (exact) mass is 242 g/mol. The minimum absolute atomic E-state index is 0.616. The summed E-state index contributed by atoms with van der Waals surface area (Å²) in [7, 11) is 0. The Hall–Kier alpha value is -0.470. The van der Waals surface area contributed by atoms with Crippen LogP contribution in [-0.4, -0.2) is 12.0 Å². The van der Waals surface area contributed by atoms with Gasteiger partial charge in [0.05, 0.1) is 0 Å². The van der Waals surface area contributed by atoms with Crippen LogP contribution in [0.4, 0.5) is 0 Å². The third-order valence-corrected chi connectivity index (χ3v) is 3.97. The van der Waals surface area contributed by atoms with E-state index in [9.17, 15) is 4.79 Å². The number of hydrogen-bond donors (Lipinski definition) is 0. The average Bonchev–Trinajstić information content (AvgIpc) is 2.26. The maximum absolute atomic E-state index is 10.8. The molecule has 0 amide bonds. The van der Waals surface area contributed by atoms with Gasteiger partial charge in [0.2, 0.25) is 0 Å². The zero-order valence-electron chi connectivity index (χ0n) is 9.00. The van der Waals surface area contributed by atoms with Crippen LogP contribution in [-0.2, 0) is 0 Å². The van der Waals surface area contributed by atoms with Gasteiger partial charge in [-0.1, -0.05) is 31.9 Å². The van der Waals surface area contributed by atoms with E-state index in [1.54, 1.807) is 17.8 Å². The fraction of sp³-hybridized carbons (Fsp3) is 0.417. The molecule has 1 rings (SSSR count). The average molecular weight is 243 g/mol. The van der Waals surface area contributed by atoms with Crippen molar-refractivity contribution in [2.75, 3.05) is 5.75 Å². The second kappa shape index (κ2) is 6.19. The third kappa shape index (κ3) is 3.88. The van der Waals surface area contributed by atoms with Gasteiger partial charge in [0.25, 0.3) is 0 Å². The maximum Gasteiger partial charge on any atom is 0.151 e. The number of benzene rings is 1. The Labute approximate surface area is 100 Å². The van der Waals surface area contributed by atoms with Crippen LogP contribution in [0.2, 0.25) is 5.02 Å². The Morgan fingerprint density at radius 3 is 2.87 bits per heavy atom. The molecule has 0 radical (unpaired) electrons. The Morgan fingerprint density at radius 2 is 2.27 bits per heavy atom. The topological polar surface area (TPSA) is 17.1 Å². The highest BCUT2D eigenvalue weighted by atomic mass is 35.5. The molecule has 0 aliphatic carbocycles. The number of carbonyl (C=O) groups excluding carboxylic acids is 1. The second-order valence-electron chi connectivity index (χ2n) is 3.62. The van der Waals surface area contributed by atoms with Crippen molar-refractivity contribution in [3.8, 4) is 0 Å². The fourth-order valence-corrected chi connectivity index (χ4v) is 2.41. The molecule has 3 heteroatoms. The summed E-state index contributed by atoms with van der Waals surface area (Å²) in [4.78, 5) is 11.8. The molecule has 82 valence electrons. The minimum atomic E-state index is 0.616. The van der Waals surface area contributed by atoms with E-state index in [0.29, 0.717) is 16.5 Å². The van der Waals surface area contributed by atoms with Gasteiger partial charge < -0.3 is 0 Å². The van der Waals surface area contributed by atoms with Gasteiger partial charge in [-0.3, -0.25) is 4.79 Å². The zero-order chi connectivity index (χ0) is 11.3. The van der Waals surface area contributed by atoms with Crippen molar-refractivity contribution in [1.29, 1.82) is 0 Å². The van der Waals surface area contributed by atoms with Gasteiger partial charge in [-0.2, -0.15) is 0 Å². The Kier molecular flexibility index (Phi) is 5.20. The van der Waals surface area contributed by atoms with E-state index in [1.165, 1.54) is 0 Å². The summed E-state index contributed by atoms with van der Waals surface area (Å²) in [6.07, 6.45) is 2.03. The van der Waals surface area contributed by atoms with Gasteiger partial charge in [0.1, 0.15) is 0 Å². The number of thioether (sulfide) groups is 1. The van der Waals surface area contributed by atoms with E-state index >= 15 is 0 Å².